The number of hydrogen-bond acceptors (Lipinski definition) is 1. The monoisotopic (exact) mass is 174 g/mol. The first kappa shape index (κ1) is 8.28. The maximum atomic E-state index is 11.1. The van der Waals surface area contributed by atoms with Crippen LogP contribution in [-0.2, 0) is 25.5 Å². The average Bonchev–Trinajstić information content (AvgIpc) is 2.05. The van der Waals surface area contributed by atoms with E-state index in [1.165, 1.54) is 19.3 Å². The Bertz CT molecular complexity index is 121. The molecule has 0 atom stereocenters. The summed E-state index contributed by atoms with van der Waals surface area (Å²) in [7, 11) is 0. The molecule has 1 aliphatic rings. The summed E-state index contributed by atoms with van der Waals surface area (Å²) in [6.07, 6.45) is 5.98. The van der Waals surface area contributed by atoms with E-state index >= 15 is 0 Å². The average molecular weight is 174 g/mol. The number of nitrogens with one attached hydrogen (secondary N) is 1. The second-order valence-corrected chi connectivity index (χ2v) is 3.21. The van der Waals surface area contributed by atoms with E-state index in [1.807, 2.05) is 0 Å². The van der Waals surface area contributed by atoms with Crippen LogP contribution < -0.4 is 3.80 Å². The van der Waals surface area contributed by atoms with E-state index in [2.05, 4.69) is 3.80 Å². The van der Waals surface area contributed by atoms with E-state index < -0.39 is 0 Å². The second-order valence-electron chi connectivity index (χ2n) is 2.82. The Hall–Kier alpha value is 0.184. The Morgan fingerprint density at radius 2 is 1.90 bits per heavy atom. The van der Waals surface area contributed by atoms with Crippen molar-refractivity contribution in [2.45, 2.75) is 32.1 Å². The van der Waals surface area contributed by atoms with Gasteiger partial charge in [0, 0.05) is 0 Å². The summed E-state index contributed by atoms with van der Waals surface area (Å²) in [6, 6.07) is 0. The SMILES string of the molecule is O=C([NH][Ti])C1CCCCC1. The van der Waals surface area contributed by atoms with Gasteiger partial charge in [0.1, 0.15) is 0 Å². The van der Waals surface area contributed by atoms with Crippen molar-refractivity contribution in [2.75, 3.05) is 0 Å². The summed E-state index contributed by atoms with van der Waals surface area (Å²) < 4.78 is 2.70. The number of amides is 1. The van der Waals surface area contributed by atoms with Crippen LogP contribution >= 0.6 is 0 Å². The molecule has 1 saturated carbocycles. The number of carbonyl (C=O) groups excluding carboxylic acids is 1. The van der Waals surface area contributed by atoms with Crippen LogP contribution in [0.1, 0.15) is 32.1 Å². The van der Waals surface area contributed by atoms with Gasteiger partial charge < -0.3 is 0 Å². The molecule has 0 heterocycles. The van der Waals surface area contributed by atoms with Gasteiger partial charge in [0.2, 0.25) is 0 Å². The molecule has 10 heavy (non-hydrogen) atoms. The van der Waals surface area contributed by atoms with E-state index in [0.717, 1.165) is 12.8 Å². The van der Waals surface area contributed by atoms with E-state index in [9.17, 15) is 4.79 Å². The van der Waals surface area contributed by atoms with Crippen LogP contribution in [0.5, 0.6) is 0 Å². The van der Waals surface area contributed by atoms with Crippen molar-refractivity contribution in [2.24, 2.45) is 5.92 Å². The van der Waals surface area contributed by atoms with Crippen LogP contribution in [0, 0.1) is 5.92 Å². The van der Waals surface area contributed by atoms with Crippen LogP contribution in [0.25, 0.3) is 0 Å². The molecule has 55 valence electrons. The summed E-state index contributed by atoms with van der Waals surface area (Å²) in [5, 5.41) is 0. The first-order valence-electron chi connectivity index (χ1n) is 3.81. The van der Waals surface area contributed by atoms with Gasteiger partial charge in [-0.15, -0.1) is 0 Å². The zero-order valence-electron chi connectivity index (χ0n) is 6.02. The van der Waals surface area contributed by atoms with Crippen molar-refractivity contribution in [3.05, 3.63) is 0 Å². The van der Waals surface area contributed by atoms with Crippen molar-refractivity contribution in [1.82, 2.24) is 3.80 Å². The molecule has 0 aromatic carbocycles. The molecule has 1 amide bonds. The van der Waals surface area contributed by atoms with Crippen molar-refractivity contribution in [3.63, 3.8) is 0 Å². The first-order chi connectivity index (χ1) is 4.84. The minimum absolute atomic E-state index is 0.236. The van der Waals surface area contributed by atoms with Gasteiger partial charge in [-0.1, -0.05) is 0 Å². The molecular weight excluding hydrogens is 162 g/mol. The fraction of sp³-hybridized carbons (Fsp3) is 0.857. The van der Waals surface area contributed by atoms with E-state index in [4.69, 9.17) is 0 Å². The Morgan fingerprint density at radius 1 is 1.30 bits per heavy atom. The van der Waals surface area contributed by atoms with Gasteiger partial charge in [-0.2, -0.15) is 0 Å². The van der Waals surface area contributed by atoms with Gasteiger partial charge in [-0.25, -0.2) is 0 Å². The fourth-order valence-corrected chi connectivity index (χ4v) is 1.79. The summed E-state index contributed by atoms with van der Waals surface area (Å²) in [5.74, 6) is 0.554. The van der Waals surface area contributed by atoms with Crippen LogP contribution in [0.2, 0.25) is 0 Å². The second kappa shape index (κ2) is 4.14. The quantitative estimate of drug-likeness (QED) is 0.593. The van der Waals surface area contributed by atoms with Crippen LogP contribution in [-0.4, -0.2) is 5.91 Å². The third-order valence-corrected chi connectivity index (χ3v) is 2.48. The Labute approximate surface area is 73.5 Å². The first-order valence-corrected chi connectivity index (χ1v) is 4.59. The molecule has 0 radical (unpaired) electrons. The molecule has 0 aromatic rings. The Kier molecular flexibility index (Phi) is 3.43. The molecule has 1 N–H and O–H groups in total. The predicted molar refractivity (Wildman–Crippen MR) is 34.7 cm³/mol. The molecule has 0 bridgehead atoms. The molecule has 1 aliphatic carbocycles. The molecular formula is C7H12NOTi. The molecule has 3 heteroatoms. The fourth-order valence-electron chi connectivity index (χ4n) is 1.47. The number of rotatable bonds is 1. The van der Waals surface area contributed by atoms with Gasteiger partial charge in [0.25, 0.3) is 0 Å². The van der Waals surface area contributed by atoms with Crippen molar-refractivity contribution >= 4 is 5.91 Å². The minimum atomic E-state index is 0.236. The Balaban J connectivity index is 2.31. The van der Waals surface area contributed by atoms with Gasteiger partial charge in [0.05, 0.1) is 0 Å². The number of carbonyl (C=O) groups is 1. The third kappa shape index (κ3) is 2.10. The van der Waals surface area contributed by atoms with E-state index in [-0.39, 0.29) is 5.91 Å². The molecule has 0 saturated heterocycles. The van der Waals surface area contributed by atoms with E-state index in [1.54, 1.807) is 20.7 Å². The summed E-state index contributed by atoms with van der Waals surface area (Å²) >= 11 is 1.72. The zero-order chi connectivity index (χ0) is 7.40. The molecule has 1 rings (SSSR count). The van der Waals surface area contributed by atoms with Crippen molar-refractivity contribution in [1.29, 1.82) is 0 Å². The van der Waals surface area contributed by atoms with E-state index in [0.29, 0.717) is 5.92 Å². The molecule has 0 unspecified atom stereocenters. The maximum absolute atomic E-state index is 11.1. The summed E-state index contributed by atoms with van der Waals surface area (Å²) in [5.41, 5.74) is 0. The molecule has 0 spiro atoms. The topological polar surface area (TPSA) is 29.1 Å². The Morgan fingerprint density at radius 3 is 2.40 bits per heavy atom. The van der Waals surface area contributed by atoms with Crippen LogP contribution in [0.3, 0.4) is 0 Å². The standard InChI is InChI=1S/C7H13NO.Ti/c8-7(9)6-4-2-1-3-5-6;/h6H,1-5H2,(H2,8,9);/q;+1/p-1. The summed E-state index contributed by atoms with van der Waals surface area (Å²) in [6.45, 7) is 0. The molecule has 0 aromatic heterocycles. The predicted octanol–water partition coefficient (Wildman–Crippen LogP) is 1.14. The zero-order valence-corrected chi connectivity index (χ0v) is 7.58. The summed E-state index contributed by atoms with van der Waals surface area (Å²) in [4.78, 5) is 11.1. The molecule has 1 fully saturated rings. The molecule has 0 aliphatic heterocycles. The van der Waals surface area contributed by atoms with Crippen molar-refractivity contribution in [3.8, 4) is 0 Å². The third-order valence-electron chi connectivity index (χ3n) is 2.10. The normalized spacial score (nSPS) is 20.3. The van der Waals surface area contributed by atoms with Crippen molar-refractivity contribution < 1.29 is 25.5 Å². The van der Waals surface area contributed by atoms with Crippen LogP contribution in [0.4, 0.5) is 0 Å². The van der Waals surface area contributed by atoms with Gasteiger partial charge in [-0.3, -0.25) is 0 Å². The van der Waals surface area contributed by atoms with Crippen LogP contribution in [0.15, 0.2) is 0 Å². The van der Waals surface area contributed by atoms with Gasteiger partial charge >= 0.3 is 73.2 Å². The number of hydrogen-bond donors (Lipinski definition) is 1. The van der Waals surface area contributed by atoms with Gasteiger partial charge in [-0.05, 0) is 0 Å². The van der Waals surface area contributed by atoms with Gasteiger partial charge in [0.15, 0.2) is 0 Å². The molecule has 2 nitrogen and oxygen atoms in total.